The maximum Gasteiger partial charge on any atom is 0.137 e. The average Bonchev–Trinajstić information content (AvgIpc) is 2.39. The van der Waals surface area contributed by atoms with Crippen LogP contribution < -0.4 is 4.74 Å². The third-order valence-corrected chi connectivity index (χ3v) is 3.27. The van der Waals surface area contributed by atoms with Crippen molar-refractivity contribution in [3.63, 3.8) is 0 Å². The minimum atomic E-state index is 0.264. The fourth-order valence-corrected chi connectivity index (χ4v) is 2.06. The summed E-state index contributed by atoms with van der Waals surface area (Å²) < 4.78 is 17.9. The van der Waals surface area contributed by atoms with Crippen molar-refractivity contribution in [1.82, 2.24) is 0 Å². The predicted octanol–water partition coefficient (Wildman–Crippen LogP) is 3.39. The number of fused-ring (bicyclic) bond motifs is 1. The van der Waals surface area contributed by atoms with Gasteiger partial charge in [-0.05, 0) is 41.7 Å². The highest BCUT2D eigenvalue weighted by atomic mass is 19.1. The predicted molar refractivity (Wildman–Crippen MR) is 68.5 cm³/mol. The molecule has 0 fully saturated rings. The van der Waals surface area contributed by atoms with Gasteiger partial charge in [-0.15, -0.1) is 0 Å². The Morgan fingerprint density at radius 1 is 1.39 bits per heavy atom. The van der Waals surface area contributed by atoms with E-state index in [0.29, 0.717) is 36.9 Å². The Labute approximate surface area is 106 Å². The van der Waals surface area contributed by atoms with E-state index in [1.807, 2.05) is 25.1 Å². The molecule has 1 aromatic rings. The number of benzene rings is 1. The van der Waals surface area contributed by atoms with Gasteiger partial charge in [-0.25, -0.2) is 4.39 Å². The first kappa shape index (κ1) is 12.8. The molecular formula is C15H17FO2. The lowest BCUT2D eigenvalue weighted by molar-refractivity contribution is -0.118. The van der Waals surface area contributed by atoms with Crippen molar-refractivity contribution >= 4 is 5.78 Å². The first-order valence-electron chi connectivity index (χ1n) is 6.27. The minimum Gasteiger partial charge on any atom is -0.489 e. The lowest BCUT2D eigenvalue weighted by Gasteiger charge is -2.16. The van der Waals surface area contributed by atoms with E-state index in [9.17, 15) is 9.18 Å². The molecule has 1 aliphatic rings. The van der Waals surface area contributed by atoms with Crippen molar-refractivity contribution in [1.29, 1.82) is 0 Å². The summed E-state index contributed by atoms with van der Waals surface area (Å²) in [4.78, 5) is 11.4. The Hall–Kier alpha value is -1.64. The second kappa shape index (κ2) is 5.80. The van der Waals surface area contributed by atoms with E-state index in [4.69, 9.17) is 4.74 Å². The molecule has 96 valence electrons. The van der Waals surface area contributed by atoms with Gasteiger partial charge in [0.1, 0.15) is 18.1 Å². The van der Waals surface area contributed by atoms with Crippen LogP contribution in [0.5, 0.6) is 5.75 Å². The molecule has 1 aliphatic carbocycles. The average molecular weight is 248 g/mol. The van der Waals surface area contributed by atoms with Gasteiger partial charge in [-0.1, -0.05) is 13.0 Å². The van der Waals surface area contributed by atoms with Gasteiger partial charge < -0.3 is 4.74 Å². The molecule has 0 aliphatic heterocycles. The SMILES string of the molecule is CC/C(=C/F)COc1ccc2c(c1)CC(=O)CC2. The van der Waals surface area contributed by atoms with Gasteiger partial charge in [0.2, 0.25) is 0 Å². The normalized spacial score (nSPS) is 15.4. The number of Topliss-reactive ketones (excluding diaryl/α,β-unsaturated/α-hetero) is 1. The minimum absolute atomic E-state index is 0.264. The maximum atomic E-state index is 12.4. The second-order valence-electron chi connectivity index (χ2n) is 4.56. The van der Waals surface area contributed by atoms with Crippen LogP contribution in [0.25, 0.3) is 0 Å². The molecule has 0 atom stereocenters. The van der Waals surface area contributed by atoms with Crippen molar-refractivity contribution in [3.05, 3.63) is 41.2 Å². The molecule has 2 rings (SSSR count). The fourth-order valence-electron chi connectivity index (χ4n) is 2.06. The van der Waals surface area contributed by atoms with Gasteiger partial charge in [-0.2, -0.15) is 0 Å². The lowest BCUT2D eigenvalue weighted by atomic mass is 9.91. The largest absolute Gasteiger partial charge is 0.489 e. The third-order valence-electron chi connectivity index (χ3n) is 3.27. The number of carbonyl (C=O) groups excluding carboxylic acids is 1. The number of hydrogen-bond acceptors (Lipinski definition) is 2. The molecule has 0 bridgehead atoms. The highest BCUT2D eigenvalue weighted by molar-refractivity contribution is 5.83. The van der Waals surface area contributed by atoms with Crippen LogP contribution in [-0.2, 0) is 17.6 Å². The molecular weight excluding hydrogens is 231 g/mol. The van der Waals surface area contributed by atoms with Gasteiger partial charge >= 0.3 is 0 Å². The molecule has 0 radical (unpaired) electrons. The van der Waals surface area contributed by atoms with Crippen molar-refractivity contribution in [3.8, 4) is 5.75 Å². The Morgan fingerprint density at radius 3 is 2.94 bits per heavy atom. The summed E-state index contributed by atoms with van der Waals surface area (Å²) in [7, 11) is 0. The van der Waals surface area contributed by atoms with Crippen LogP contribution in [0.3, 0.4) is 0 Å². The summed E-state index contributed by atoms with van der Waals surface area (Å²) in [5.41, 5.74) is 2.90. The zero-order chi connectivity index (χ0) is 13.0. The Kier molecular flexibility index (Phi) is 4.13. The summed E-state index contributed by atoms with van der Waals surface area (Å²) in [5, 5.41) is 0. The number of carbonyl (C=O) groups is 1. The molecule has 0 unspecified atom stereocenters. The lowest BCUT2D eigenvalue weighted by Crippen LogP contribution is -2.13. The van der Waals surface area contributed by atoms with Crippen LogP contribution in [0.2, 0.25) is 0 Å². The second-order valence-corrected chi connectivity index (χ2v) is 4.56. The summed E-state index contributed by atoms with van der Waals surface area (Å²) in [6.45, 7) is 2.15. The molecule has 0 saturated heterocycles. The van der Waals surface area contributed by atoms with Crippen LogP contribution >= 0.6 is 0 Å². The highest BCUT2D eigenvalue weighted by Crippen LogP contribution is 2.24. The maximum absolute atomic E-state index is 12.4. The number of halogens is 1. The number of ether oxygens (including phenoxy) is 1. The van der Waals surface area contributed by atoms with Crippen LogP contribution in [0.1, 0.15) is 30.9 Å². The van der Waals surface area contributed by atoms with E-state index >= 15 is 0 Å². The third kappa shape index (κ3) is 2.97. The van der Waals surface area contributed by atoms with Gasteiger partial charge in [0.05, 0.1) is 6.33 Å². The summed E-state index contributed by atoms with van der Waals surface area (Å²) >= 11 is 0. The van der Waals surface area contributed by atoms with E-state index in [1.165, 1.54) is 5.56 Å². The molecule has 0 spiro atoms. The number of hydrogen-bond donors (Lipinski definition) is 0. The topological polar surface area (TPSA) is 26.3 Å². The van der Waals surface area contributed by atoms with Crippen LogP contribution in [0.15, 0.2) is 30.1 Å². The molecule has 18 heavy (non-hydrogen) atoms. The molecule has 0 aromatic heterocycles. The van der Waals surface area contributed by atoms with Crippen molar-refractivity contribution < 1.29 is 13.9 Å². The fraction of sp³-hybridized carbons (Fsp3) is 0.400. The van der Waals surface area contributed by atoms with Gasteiger partial charge in [-0.3, -0.25) is 4.79 Å². The molecule has 0 heterocycles. The molecule has 0 N–H and O–H groups in total. The first-order valence-corrected chi connectivity index (χ1v) is 6.27. The number of rotatable bonds is 4. The zero-order valence-corrected chi connectivity index (χ0v) is 10.5. The Bertz CT molecular complexity index is 477. The van der Waals surface area contributed by atoms with Gasteiger partial charge in [0.15, 0.2) is 0 Å². The molecule has 1 aromatic carbocycles. The van der Waals surface area contributed by atoms with Gasteiger partial charge in [0.25, 0.3) is 0 Å². The zero-order valence-electron chi connectivity index (χ0n) is 10.5. The monoisotopic (exact) mass is 248 g/mol. The number of ketones is 1. The van der Waals surface area contributed by atoms with E-state index in [0.717, 1.165) is 12.0 Å². The Morgan fingerprint density at radius 2 is 2.22 bits per heavy atom. The van der Waals surface area contributed by atoms with Crippen LogP contribution in [0.4, 0.5) is 4.39 Å². The van der Waals surface area contributed by atoms with Crippen molar-refractivity contribution in [2.45, 2.75) is 32.6 Å². The van der Waals surface area contributed by atoms with Crippen molar-refractivity contribution in [2.24, 2.45) is 0 Å². The quantitative estimate of drug-likeness (QED) is 0.816. The van der Waals surface area contributed by atoms with Crippen molar-refractivity contribution in [2.75, 3.05) is 6.61 Å². The van der Waals surface area contributed by atoms with E-state index in [-0.39, 0.29) is 12.4 Å². The van der Waals surface area contributed by atoms with Crippen LogP contribution in [-0.4, -0.2) is 12.4 Å². The summed E-state index contributed by atoms with van der Waals surface area (Å²) in [6, 6.07) is 5.79. The van der Waals surface area contributed by atoms with E-state index in [1.54, 1.807) is 0 Å². The first-order chi connectivity index (χ1) is 8.72. The molecule has 0 amide bonds. The van der Waals surface area contributed by atoms with E-state index < -0.39 is 0 Å². The molecule has 0 saturated carbocycles. The van der Waals surface area contributed by atoms with Crippen LogP contribution in [0, 0.1) is 0 Å². The molecule has 3 heteroatoms. The Balaban J connectivity index is 2.07. The summed E-state index contributed by atoms with van der Waals surface area (Å²) in [6.07, 6.45) is 3.19. The highest BCUT2D eigenvalue weighted by Gasteiger charge is 2.15. The smallest absolute Gasteiger partial charge is 0.137 e. The molecule has 2 nitrogen and oxygen atoms in total. The van der Waals surface area contributed by atoms with E-state index in [2.05, 4.69) is 0 Å². The number of aryl methyl sites for hydroxylation is 1. The van der Waals surface area contributed by atoms with Gasteiger partial charge in [0, 0.05) is 12.8 Å². The summed E-state index contributed by atoms with van der Waals surface area (Å²) in [5.74, 6) is 0.980. The standard InChI is InChI=1S/C15H17FO2/c1-2-11(9-16)10-18-15-6-4-12-3-5-14(17)7-13(12)8-15/h4,6,8-9H,2-3,5,7,10H2,1H3/b11-9-.